The van der Waals surface area contributed by atoms with Crippen LogP contribution in [0.5, 0.6) is 0 Å². The first kappa shape index (κ1) is 10.7. The van der Waals surface area contributed by atoms with E-state index >= 15 is 0 Å². The van der Waals surface area contributed by atoms with Gasteiger partial charge in [-0.05, 0) is 63.4 Å². The van der Waals surface area contributed by atoms with E-state index in [0.29, 0.717) is 5.92 Å². The summed E-state index contributed by atoms with van der Waals surface area (Å²) >= 11 is 0. The van der Waals surface area contributed by atoms with Crippen molar-refractivity contribution < 1.29 is 4.74 Å². The summed E-state index contributed by atoms with van der Waals surface area (Å²) in [5, 5.41) is 0. The van der Waals surface area contributed by atoms with E-state index in [-0.39, 0.29) is 0 Å². The molecule has 1 aliphatic heterocycles. The molecule has 1 fully saturated rings. The van der Waals surface area contributed by atoms with Gasteiger partial charge in [-0.3, -0.25) is 0 Å². The molecule has 0 bridgehead atoms. The molecule has 0 unspecified atom stereocenters. The molecule has 2 heteroatoms. The standard InChI is InChI=1S/C13H20NO/c1-14-9-7-11(8-10-14)12-5-3-4-6-13(12)15-2/h3,5-6,11H,4,7-10H2,1-2H3. The van der Waals surface area contributed by atoms with Crippen molar-refractivity contribution in [2.24, 2.45) is 5.92 Å². The second-order valence-corrected chi connectivity index (χ2v) is 4.44. The minimum absolute atomic E-state index is 0.698. The maximum atomic E-state index is 5.44. The first-order valence-electron chi connectivity index (χ1n) is 5.77. The van der Waals surface area contributed by atoms with Gasteiger partial charge in [0.25, 0.3) is 0 Å². The summed E-state index contributed by atoms with van der Waals surface area (Å²) in [5.41, 5.74) is 1.41. The molecule has 83 valence electrons. The largest absolute Gasteiger partial charge is 0.497 e. The molecule has 2 rings (SSSR count). The average molecular weight is 206 g/mol. The van der Waals surface area contributed by atoms with Gasteiger partial charge >= 0.3 is 0 Å². The zero-order valence-electron chi connectivity index (χ0n) is 9.70. The molecule has 1 heterocycles. The molecule has 0 spiro atoms. The number of hydrogen-bond donors (Lipinski definition) is 0. The fraction of sp³-hybridized carbons (Fsp3) is 0.615. The number of rotatable bonds is 2. The number of ether oxygens (including phenoxy) is 1. The van der Waals surface area contributed by atoms with Crippen LogP contribution >= 0.6 is 0 Å². The van der Waals surface area contributed by atoms with Gasteiger partial charge < -0.3 is 9.64 Å². The highest BCUT2D eigenvalue weighted by molar-refractivity contribution is 5.35. The summed E-state index contributed by atoms with van der Waals surface area (Å²) in [7, 11) is 3.98. The van der Waals surface area contributed by atoms with Gasteiger partial charge in [-0.2, -0.15) is 0 Å². The zero-order valence-corrected chi connectivity index (χ0v) is 9.70. The minimum Gasteiger partial charge on any atom is -0.497 e. The zero-order chi connectivity index (χ0) is 10.7. The van der Waals surface area contributed by atoms with Crippen LogP contribution in [-0.2, 0) is 4.74 Å². The van der Waals surface area contributed by atoms with E-state index in [1.807, 2.05) is 0 Å². The van der Waals surface area contributed by atoms with Crippen molar-refractivity contribution in [3.8, 4) is 0 Å². The summed E-state index contributed by atoms with van der Waals surface area (Å²) < 4.78 is 5.44. The third-order valence-electron chi connectivity index (χ3n) is 3.40. The molecule has 1 radical (unpaired) electrons. The lowest BCUT2D eigenvalue weighted by molar-refractivity contribution is 0.224. The van der Waals surface area contributed by atoms with E-state index in [2.05, 4.69) is 30.5 Å². The topological polar surface area (TPSA) is 12.5 Å². The number of nitrogens with zero attached hydrogens (tertiary/aromatic N) is 1. The fourth-order valence-corrected chi connectivity index (χ4v) is 2.43. The van der Waals surface area contributed by atoms with Crippen LogP contribution < -0.4 is 0 Å². The highest BCUT2D eigenvalue weighted by atomic mass is 16.5. The molecule has 15 heavy (non-hydrogen) atoms. The van der Waals surface area contributed by atoms with Crippen LogP contribution in [0.15, 0.2) is 23.5 Å². The summed E-state index contributed by atoms with van der Waals surface area (Å²) in [5.74, 6) is 1.80. The number of piperidine rings is 1. The molecule has 0 N–H and O–H groups in total. The van der Waals surface area contributed by atoms with E-state index in [1.54, 1.807) is 7.11 Å². The minimum atomic E-state index is 0.698. The monoisotopic (exact) mass is 206 g/mol. The molecule has 0 aromatic carbocycles. The van der Waals surface area contributed by atoms with Gasteiger partial charge in [0.2, 0.25) is 0 Å². The van der Waals surface area contributed by atoms with E-state index in [4.69, 9.17) is 4.74 Å². The van der Waals surface area contributed by atoms with Crippen molar-refractivity contribution in [2.75, 3.05) is 27.2 Å². The number of methoxy groups -OCH3 is 1. The summed E-state index contributed by atoms with van der Waals surface area (Å²) in [6.07, 6.45) is 10.2. The molecule has 0 atom stereocenters. The van der Waals surface area contributed by atoms with Crippen molar-refractivity contribution in [1.82, 2.24) is 4.90 Å². The van der Waals surface area contributed by atoms with Crippen LogP contribution in [0.25, 0.3) is 0 Å². The first-order chi connectivity index (χ1) is 7.31. The Hall–Kier alpha value is -0.760. The Bertz CT molecular complexity index is 272. The Balaban J connectivity index is 2.03. The third kappa shape index (κ3) is 2.43. The molecule has 0 saturated carbocycles. The Morgan fingerprint density at radius 2 is 2.07 bits per heavy atom. The van der Waals surface area contributed by atoms with Crippen molar-refractivity contribution in [3.05, 3.63) is 29.9 Å². The summed E-state index contributed by atoms with van der Waals surface area (Å²) in [6.45, 7) is 2.41. The maximum Gasteiger partial charge on any atom is 0.118 e. The van der Waals surface area contributed by atoms with E-state index in [9.17, 15) is 0 Å². The predicted octanol–water partition coefficient (Wildman–Crippen LogP) is 2.39. The average Bonchev–Trinajstić information content (AvgIpc) is 2.30. The number of hydrogen-bond acceptors (Lipinski definition) is 2. The van der Waals surface area contributed by atoms with Gasteiger partial charge in [-0.15, -0.1) is 0 Å². The Morgan fingerprint density at radius 1 is 1.33 bits per heavy atom. The second-order valence-electron chi connectivity index (χ2n) is 4.44. The molecule has 1 aliphatic carbocycles. The predicted molar refractivity (Wildman–Crippen MR) is 62.3 cm³/mol. The smallest absolute Gasteiger partial charge is 0.118 e. The van der Waals surface area contributed by atoms with Crippen LogP contribution in [0.4, 0.5) is 0 Å². The summed E-state index contributed by atoms with van der Waals surface area (Å²) in [6, 6.07) is 0. The molecule has 0 amide bonds. The fourth-order valence-electron chi connectivity index (χ4n) is 2.43. The normalized spacial score (nSPS) is 24.7. The van der Waals surface area contributed by atoms with Gasteiger partial charge in [0.15, 0.2) is 0 Å². The maximum absolute atomic E-state index is 5.44. The van der Waals surface area contributed by atoms with Gasteiger partial charge in [0, 0.05) is 0 Å². The first-order valence-corrected chi connectivity index (χ1v) is 5.77. The lowest BCUT2D eigenvalue weighted by Gasteiger charge is -2.31. The Morgan fingerprint density at radius 3 is 2.73 bits per heavy atom. The lowest BCUT2D eigenvalue weighted by atomic mass is 9.85. The van der Waals surface area contributed by atoms with Crippen molar-refractivity contribution in [1.29, 1.82) is 0 Å². The van der Waals surface area contributed by atoms with Gasteiger partial charge in [0.1, 0.15) is 5.76 Å². The Labute approximate surface area is 92.6 Å². The van der Waals surface area contributed by atoms with Gasteiger partial charge in [-0.25, -0.2) is 0 Å². The van der Waals surface area contributed by atoms with E-state index in [1.165, 1.54) is 31.5 Å². The molecule has 0 aromatic rings. The second kappa shape index (κ2) is 4.84. The SMILES string of the molecule is COC1=CC[CH]C=C1C1CCN(C)CC1. The van der Waals surface area contributed by atoms with E-state index < -0.39 is 0 Å². The number of likely N-dealkylation sites (tertiary alicyclic amines) is 1. The van der Waals surface area contributed by atoms with Crippen molar-refractivity contribution in [3.63, 3.8) is 0 Å². The Kier molecular flexibility index (Phi) is 3.47. The lowest BCUT2D eigenvalue weighted by Crippen LogP contribution is -2.31. The van der Waals surface area contributed by atoms with Crippen molar-refractivity contribution in [2.45, 2.75) is 19.3 Å². The number of allylic oxidation sites excluding steroid dienone is 3. The molecule has 2 aliphatic rings. The van der Waals surface area contributed by atoms with Crippen LogP contribution in [0.1, 0.15) is 19.3 Å². The van der Waals surface area contributed by atoms with Gasteiger partial charge in [0.05, 0.1) is 7.11 Å². The molecular weight excluding hydrogens is 186 g/mol. The summed E-state index contributed by atoms with van der Waals surface area (Å²) in [4.78, 5) is 2.40. The highest BCUT2D eigenvalue weighted by Gasteiger charge is 2.23. The van der Waals surface area contributed by atoms with Crippen LogP contribution in [0, 0.1) is 12.3 Å². The van der Waals surface area contributed by atoms with Crippen molar-refractivity contribution >= 4 is 0 Å². The molecule has 2 nitrogen and oxygen atoms in total. The van der Waals surface area contributed by atoms with E-state index in [0.717, 1.165) is 12.2 Å². The van der Waals surface area contributed by atoms with Crippen LogP contribution in [0.2, 0.25) is 0 Å². The molecule has 0 aromatic heterocycles. The van der Waals surface area contributed by atoms with Crippen LogP contribution in [0.3, 0.4) is 0 Å². The molecule has 1 saturated heterocycles. The third-order valence-corrected chi connectivity index (χ3v) is 3.40. The van der Waals surface area contributed by atoms with Crippen LogP contribution in [-0.4, -0.2) is 32.1 Å². The molecular formula is C13H20NO. The quantitative estimate of drug-likeness (QED) is 0.688. The highest BCUT2D eigenvalue weighted by Crippen LogP contribution is 2.32. The van der Waals surface area contributed by atoms with Gasteiger partial charge in [-0.1, -0.05) is 6.08 Å².